The molecule has 2 saturated carbocycles. The van der Waals surface area contributed by atoms with Gasteiger partial charge in [0.2, 0.25) is 0 Å². The number of ether oxygens (including phenoxy) is 1. The molecule has 2 aromatic carbocycles. The number of alkyl halides is 5. The first-order chi connectivity index (χ1) is 19.4. The first-order valence-electron chi connectivity index (χ1n) is 13.5. The Hall–Kier alpha value is -3.38. The second-order valence-electron chi connectivity index (χ2n) is 11.4. The number of halogens is 5. The number of rotatable bonds is 8. The van der Waals surface area contributed by atoms with Gasteiger partial charge in [-0.3, -0.25) is 4.79 Å². The average molecular weight is 576 g/mol. The molecule has 0 bridgehead atoms. The van der Waals surface area contributed by atoms with E-state index >= 15 is 0 Å². The van der Waals surface area contributed by atoms with Gasteiger partial charge in [-0.2, -0.15) is 13.2 Å². The molecule has 1 unspecified atom stereocenters. The fourth-order valence-corrected chi connectivity index (χ4v) is 6.40. The van der Waals surface area contributed by atoms with Crippen molar-refractivity contribution in [2.24, 2.45) is 18.9 Å². The lowest BCUT2D eigenvalue weighted by atomic mass is 9.62. The number of aryl methyl sites for hydroxylation is 1. The summed E-state index contributed by atoms with van der Waals surface area (Å²) in [7, 11) is 3.50. The van der Waals surface area contributed by atoms with Crippen LogP contribution >= 0.6 is 0 Å². The number of fused-ring (bicyclic) bond motifs is 1. The number of hydrogen-bond donors (Lipinski definition) is 1. The minimum atomic E-state index is -4.69. The third-order valence-corrected chi connectivity index (χ3v) is 9.03. The van der Waals surface area contributed by atoms with Gasteiger partial charge in [0.15, 0.2) is 0 Å². The van der Waals surface area contributed by atoms with Crippen LogP contribution in [0, 0.1) is 11.8 Å². The van der Waals surface area contributed by atoms with Crippen LogP contribution in [0.25, 0.3) is 0 Å². The highest BCUT2D eigenvalue weighted by Gasteiger charge is 2.64. The third-order valence-electron chi connectivity index (χ3n) is 9.03. The van der Waals surface area contributed by atoms with Gasteiger partial charge in [0.05, 0.1) is 23.6 Å². The molecule has 1 aromatic heterocycles. The first kappa shape index (κ1) is 27.8. The molecule has 1 N–H and O–H groups in total. The topological polar surface area (TPSA) is 72.3 Å². The standard InChI is InChI=1S/C29H30F5N5O2/c1-16-24(28(16,30)31)13-35-12-17-7-21-22(23(8-17)29(32,33)34)14-39(25(21)40)19-6-4-5-18(9-19)27(10-20(11-27)41-3)26-37-36-15-38(26)2/h4-9,15-16,20,24,35H,10-14H2,1-3H3/t16-,20-,24?,27-/m1/s1. The molecule has 1 amide bonds. The van der Waals surface area contributed by atoms with E-state index in [9.17, 15) is 26.7 Å². The zero-order valence-corrected chi connectivity index (χ0v) is 22.8. The van der Waals surface area contributed by atoms with Crippen molar-refractivity contribution in [3.63, 3.8) is 0 Å². The Morgan fingerprint density at radius 1 is 1.17 bits per heavy atom. The highest BCUT2D eigenvalue weighted by molar-refractivity contribution is 6.10. The molecule has 12 heteroatoms. The number of benzene rings is 2. The Balaban J connectivity index is 1.29. The zero-order valence-electron chi connectivity index (χ0n) is 22.8. The largest absolute Gasteiger partial charge is 0.416 e. The van der Waals surface area contributed by atoms with E-state index in [0.717, 1.165) is 17.5 Å². The van der Waals surface area contributed by atoms with Crippen LogP contribution in [0.15, 0.2) is 42.7 Å². The number of methoxy groups -OCH3 is 1. The summed E-state index contributed by atoms with van der Waals surface area (Å²) < 4.78 is 77.0. The number of carbonyl (C=O) groups is 1. The maximum Gasteiger partial charge on any atom is 0.416 e. The summed E-state index contributed by atoms with van der Waals surface area (Å²) in [5, 5.41) is 11.2. The number of amides is 1. The van der Waals surface area contributed by atoms with Crippen molar-refractivity contribution >= 4 is 11.6 Å². The molecule has 2 aliphatic carbocycles. The molecule has 6 rings (SSSR count). The summed E-state index contributed by atoms with van der Waals surface area (Å²) in [5.74, 6) is -4.16. The van der Waals surface area contributed by atoms with E-state index in [1.807, 2.05) is 23.7 Å². The van der Waals surface area contributed by atoms with E-state index in [1.165, 1.54) is 17.9 Å². The van der Waals surface area contributed by atoms with Gasteiger partial charge in [-0.1, -0.05) is 19.1 Å². The summed E-state index contributed by atoms with van der Waals surface area (Å²) in [6, 6.07) is 9.69. The first-order valence-corrected chi connectivity index (χ1v) is 13.5. The lowest BCUT2D eigenvalue weighted by Gasteiger charge is -2.46. The van der Waals surface area contributed by atoms with Gasteiger partial charge in [-0.05, 0) is 53.8 Å². The molecule has 3 aliphatic rings. The fraction of sp³-hybridized carbons (Fsp3) is 0.483. The van der Waals surface area contributed by atoms with Crippen LogP contribution in [0.1, 0.15) is 58.2 Å². The van der Waals surface area contributed by atoms with Gasteiger partial charge in [-0.25, -0.2) is 8.78 Å². The number of nitrogens with zero attached hydrogens (tertiary/aromatic N) is 4. The number of hydrogen-bond acceptors (Lipinski definition) is 5. The van der Waals surface area contributed by atoms with Crippen molar-refractivity contribution in [1.29, 1.82) is 0 Å². The van der Waals surface area contributed by atoms with Crippen molar-refractivity contribution in [3.05, 3.63) is 76.4 Å². The molecular weight excluding hydrogens is 545 g/mol. The Morgan fingerprint density at radius 2 is 1.90 bits per heavy atom. The predicted molar refractivity (Wildman–Crippen MR) is 140 cm³/mol. The van der Waals surface area contributed by atoms with Gasteiger partial charge in [0, 0.05) is 50.3 Å². The zero-order chi connectivity index (χ0) is 29.3. The van der Waals surface area contributed by atoms with Crippen LogP contribution in [0.4, 0.5) is 27.6 Å². The van der Waals surface area contributed by atoms with E-state index in [2.05, 4.69) is 15.5 Å². The highest BCUT2D eigenvalue weighted by Crippen LogP contribution is 2.54. The summed E-state index contributed by atoms with van der Waals surface area (Å²) in [4.78, 5) is 14.9. The van der Waals surface area contributed by atoms with Crippen LogP contribution in [-0.2, 0) is 36.5 Å². The molecule has 218 valence electrons. The molecule has 1 aliphatic heterocycles. The van der Waals surface area contributed by atoms with Crippen molar-refractivity contribution in [2.45, 2.75) is 56.5 Å². The molecular formula is C29H30F5N5O2. The average Bonchev–Trinajstić information content (AvgIpc) is 3.23. The predicted octanol–water partition coefficient (Wildman–Crippen LogP) is 5.08. The van der Waals surface area contributed by atoms with E-state index in [0.29, 0.717) is 18.5 Å². The smallest absolute Gasteiger partial charge is 0.381 e. The maximum absolute atomic E-state index is 14.2. The Kier molecular flexibility index (Phi) is 6.49. The van der Waals surface area contributed by atoms with Crippen LogP contribution in [0.5, 0.6) is 0 Å². The van der Waals surface area contributed by atoms with Gasteiger partial charge >= 0.3 is 6.18 Å². The van der Waals surface area contributed by atoms with E-state index in [1.54, 1.807) is 25.6 Å². The SMILES string of the molecule is CO[C@H]1C[C@](c2cccc(N3Cc4c(cc(CNCC5[C@@H](C)C5(F)F)cc4C(F)(F)F)C3=O)c2)(c2nncn2C)C1. The molecule has 41 heavy (non-hydrogen) atoms. The molecule has 2 fully saturated rings. The highest BCUT2D eigenvalue weighted by atomic mass is 19.4. The van der Waals surface area contributed by atoms with Crippen molar-refractivity contribution in [3.8, 4) is 0 Å². The lowest BCUT2D eigenvalue weighted by Crippen LogP contribution is -2.48. The summed E-state index contributed by atoms with van der Waals surface area (Å²) in [6.07, 6.45) is -1.76. The molecule has 2 atom stereocenters. The lowest BCUT2D eigenvalue weighted by molar-refractivity contribution is -0.138. The molecule has 0 radical (unpaired) electrons. The quantitative estimate of drug-likeness (QED) is 0.380. The second-order valence-corrected chi connectivity index (χ2v) is 11.4. The third kappa shape index (κ3) is 4.51. The number of nitrogens with one attached hydrogen (secondary N) is 1. The van der Waals surface area contributed by atoms with E-state index < -0.39 is 40.8 Å². The molecule has 2 heterocycles. The van der Waals surface area contributed by atoms with Gasteiger partial charge < -0.3 is 19.5 Å². The molecule has 0 spiro atoms. The molecule has 7 nitrogen and oxygen atoms in total. The van der Waals surface area contributed by atoms with Gasteiger partial charge in [-0.15, -0.1) is 10.2 Å². The normalized spacial score (nSPS) is 26.7. The van der Waals surface area contributed by atoms with Crippen molar-refractivity contribution < 1.29 is 31.5 Å². The van der Waals surface area contributed by atoms with Crippen molar-refractivity contribution in [2.75, 3.05) is 18.6 Å². The fourth-order valence-electron chi connectivity index (χ4n) is 6.40. The Labute approximate surface area is 233 Å². The van der Waals surface area contributed by atoms with Crippen LogP contribution in [0.2, 0.25) is 0 Å². The van der Waals surface area contributed by atoms with E-state index in [-0.39, 0.29) is 42.4 Å². The van der Waals surface area contributed by atoms with Gasteiger partial charge in [0.25, 0.3) is 11.8 Å². The molecule has 3 aromatic rings. The summed E-state index contributed by atoms with van der Waals surface area (Å²) in [6.45, 7) is 1.14. The summed E-state index contributed by atoms with van der Waals surface area (Å²) in [5.41, 5.74) is 0.0467. The Morgan fingerprint density at radius 3 is 2.51 bits per heavy atom. The number of anilines is 1. The Bertz CT molecular complexity index is 1500. The number of aromatic nitrogens is 3. The minimum Gasteiger partial charge on any atom is -0.381 e. The van der Waals surface area contributed by atoms with Gasteiger partial charge in [0.1, 0.15) is 12.2 Å². The maximum atomic E-state index is 14.2. The van der Waals surface area contributed by atoms with Crippen LogP contribution in [-0.4, -0.2) is 46.4 Å². The van der Waals surface area contributed by atoms with E-state index in [4.69, 9.17) is 4.74 Å². The second kappa shape index (κ2) is 9.59. The minimum absolute atomic E-state index is 0.0172. The van der Waals surface area contributed by atoms with Crippen LogP contribution in [0.3, 0.4) is 0 Å². The summed E-state index contributed by atoms with van der Waals surface area (Å²) >= 11 is 0. The van der Waals surface area contributed by atoms with Crippen LogP contribution < -0.4 is 10.2 Å². The number of carbonyl (C=O) groups excluding carboxylic acids is 1. The van der Waals surface area contributed by atoms with Crippen molar-refractivity contribution in [1.82, 2.24) is 20.1 Å². The molecule has 0 saturated heterocycles. The monoisotopic (exact) mass is 575 g/mol.